The molecule has 0 radical (unpaired) electrons. The molecule has 0 unspecified atom stereocenters. The van der Waals surface area contributed by atoms with Gasteiger partial charge in [-0.15, -0.1) is 10.2 Å². The molecule has 4 aromatic rings. The van der Waals surface area contributed by atoms with E-state index >= 15 is 0 Å². The molecule has 4 rings (SSSR count). The van der Waals surface area contributed by atoms with Gasteiger partial charge >= 0.3 is 0 Å². The number of aryl methyl sites for hydroxylation is 1. The zero-order valence-electron chi connectivity index (χ0n) is 15.9. The third kappa shape index (κ3) is 4.05. The van der Waals surface area contributed by atoms with Crippen molar-refractivity contribution < 1.29 is 8.42 Å². The molecule has 0 fully saturated rings. The van der Waals surface area contributed by atoms with Crippen LogP contribution in [0.15, 0.2) is 70.7 Å². The van der Waals surface area contributed by atoms with E-state index in [1.807, 2.05) is 0 Å². The van der Waals surface area contributed by atoms with E-state index in [-0.39, 0.29) is 14.9 Å². The summed E-state index contributed by atoms with van der Waals surface area (Å²) in [5.41, 5.74) is 0.654. The van der Waals surface area contributed by atoms with Crippen LogP contribution < -0.4 is 10.3 Å². The fourth-order valence-corrected chi connectivity index (χ4v) is 4.19. The second-order valence-electron chi connectivity index (χ2n) is 6.43. The molecule has 0 amide bonds. The molecule has 2 aromatic carbocycles. The summed E-state index contributed by atoms with van der Waals surface area (Å²) in [6.45, 7) is 0. The van der Waals surface area contributed by atoms with Gasteiger partial charge in [0.1, 0.15) is 11.3 Å². The van der Waals surface area contributed by atoms with Gasteiger partial charge < -0.3 is 4.57 Å². The Bertz CT molecular complexity index is 1430. The van der Waals surface area contributed by atoms with Crippen LogP contribution in [0.4, 0.5) is 5.69 Å². The van der Waals surface area contributed by atoms with Crippen LogP contribution in [-0.4, -0.2) is 33.0 Å². The number of benzene rings is 2. The first-order valence-electron chi connectivity index (χ1n) is 8.78. The summed E-state index contributed by atoms with van der Waals surface area (Å²) < 4.78 is 31.2. The predicted molar refractivity (Wildman–Crippen MR) is 117 cm³/mol. The number of nitrogens with zero attached hydrogens (tertiary/aromatic N) is 5. The largest absolute Gasteiger partial charge is 0.317 e. The fourth-order valence-electron chi connectivity index (χ4n) is 2.86. The Kier molecular flexibility index (Phi) is 5.52. The van der Waals surface area contributed by atoms with E-state index in [0.717, 1.165) is 4.68 Å². The molecule has 0 aliphatic rings. The lowest BCUT2D eigenvalue weighted by molar-refractivity contribution is 0.601. The molecule has 0 aliphatic heterocycles. The lowest BCUT2D eigenvalue weighted by Gasteiger charge is -2.13. The molecular formula is C19H14Cl2N6O3S. The second kappa shape index (κ2) is 8.14. The highest BCUT2D eigenvalue weighted by atomic mass is 35.5. The standard InChI is InChI=1S/C19H14Cl2N6O3S/c1-26-11-22-24-18(26)14-4-2-3-5-16(14)25-31(29,30)13-8-6-12(7-9-13)27-19(28)17(21)15(20)10-23-27/h2-11,25H,1H3. The molecule has 0 bridgehead atoms. The van der Waals surface area contributed by atoms with Gasteiger partial charge in [0.25, 0.3) is 15.6 Å². The maximum atomic E-state index is 12.9. The Morgan fingerprint density at radius 3 is 2.42 bits per heavy atom. The minimum Gasteiger partial charge on any atom is -0.317 e. The van der Waals surface area contributed by atoms with Gasteiger partial charge in [0, 0.05) is 12.6 Å². The van der Waals surface area contributed by atoms with E-state index in [0.29, 0.717) is 22.8 Å². The van der Waals surface area contributed by atoms with Crippen LogP contribution in [-0.2, 0) is 17.1 Å². The summed E-state index contributed by atoms with van der Waals surface area (Å²) in [7, 11) is -2.16. The molecule has 12 heteroatoms. The number of hydrogen-bond acceptors (Lipinski definition) is 6. The number of hydrogen-bond donors (Lipinski definition) is 1. The quantitative estimate of drug-likeness (QED) is 0.473. The van der Waals surface area contributed by atoms with Crippen molar-refractivity contribution in [2.24, 2.45) is 7.05 Å². The molecular weight excluding hydrogens is 463 g/mol. The molecule has 0 spiro atoms. The van der Waals surface area contributed by atoms with E-state index in [9.17, 15) is 13.2 Å². The van der Waals surface area contributed by atoms with Gasteiger partial charge in [-0.25, -0.2) is 8.42 Å². The third-order valence-corrected chi connectivity index (χ3v) is 6.52. The summed E-state index contributed by atoms with van der Waals surface area (Å²) in [6.07, 6.45) is 2.76. The SMILES string of the molecule is Cn1cnnc1-c1ccccc1NS(=O)(=O)c1ccc(-n2ncc(Cl)c(Cl)c2=O)cc1. The monoisotopic (exact) mass is 476 g/mol. The van der Waals surface area contributed by atoms with E-state index in [2.05, 4.69) is 20.0 Å². The first-order chi connectivity index (χ1) is 14.8. The van der Waals surface area contributed by atoms with Crippen LogP contribution in [0, 0.1) is 0 Å². The Morgan fingerprint density at radius 1 is 1.03 bits per heavy atom. The smallest absolute Gasteiger partial charge is 0.291 e. The van der Waals surface area contributed by atoms with Gasteiger partial charge in [-0.3, -0.25) is 9.52 Å². The lowest BCUT2D eigenvalue weighted by Crippen LogP contribution is -2.21. The first-order valence-corrected chi connectivity index (χ1v) is 11.0. The average molecular weight is 477 g/mol. The second-order valence-corrected chi connectivity index (χ2v) is 8.90. The highest BCUT2D eigenvalue weighted by molar-refractivity contribution is 7.92. The number of halogens is 2. The summed E-state index contributed by atoms with van der Waals surface area (Å²) in [5, 5.41) is 11.7. The topological polar surface area (TPSA) is 112 Å². The van der Waals surface area contributed by atoms with Crippen molar-refractivity contribution in [2.75, 3.05) is 4.72 Å². The Morgan fingerprint density at radius 2 is 1.74 bits per heavy atom. The Hall–Kier alpha value is -3.21. The van der Waals surface area contributed by atoms with Crippen molar-refractivity contribution in [1.29, 1.82) is 0 Å². The predicted octanol–water partition coefficient (Wildman–Crippen LogP) is 3.14. The van der Waals surface area contributed by atoms with Crippen LogP contribution in [0.1, 0.15) is 0 Å². The molecule has 1 N–H and O–H groups in total. The van der Waals surface area contributed by atoms with Gasteiger partial charge in [0.15, 0.2) is 5.82 Å². The van der Waals surface area contributed by atoms with Crippen LogP contribution in [0.3, 0.4) is 0 Å². The number of nitrogens with one attached hydrogen (secondary N) is 1. The molecule has 9 nitrogen and oxygen atoms in total. The molecule has 0 aliphatic carbocycles. The maximum Gasteiger partial charge on any atom is 0.291 e. The molecule has 31 heavy (non-hydrogen) atoms. The van der Waals surface area contributed by atoms with Crippen molar-refractivity contribution in [3.05, 3.63) is 81.5 Å². The van der Waals surface area contributed by atoms with Gasteiger partial charge in [-0.1, -0.05) is 35.3 Å². The molecule has 0 atom stereocenters. The molecule has 0 saturated heterocycles. The Labute approximate surface area is 186 Å². The number of rotatable bonds is 5. The number of aromatic nitrogens is 5. The van der Waals surface area contributed by atoms with Gasteiger partial charge in [-0.05, 0) is 36.4 Å². The van der Waals surface area contributed by atoms with Crippen LogP contribution in [0.5, 0.6) is 0 Å². The highest BCUT2D eigenvalue weighted by Gasteiger charge is 2.19. The molecule has 2 heterocycles. The van der Waals surface area contributed by atoms with Gasteiger partial charge in [0.05, 0.1) is 27.5 Å². The van der Waals surface area contributed by atoms with Crippen molar-refractivity contribution >= 4 is 38.9 Å². The van der Waals surface area contributed by atoms with E-state index in [4.69, 9.17) is 23.2 Å². The molecule has 158 valence electrons. The van der Waals surface area contributed by atoms with E-state index < -0.39 is 15.6 Å². The summed E-state index contributed by atoms with van der Waals surface area (Å²) in [5.74, 6) is 0.513. The van der Waals surface area contributed by atoms with Crippen LogP contribution >= 0.6 is 23.2 Å². The van der Waals surface area contributed by atoms with Crippen LogP contribution in [0.25, 0.3) is 17.1 Å². The van der Waals surface area contributed by atoms with E-state index in [1.54, 1.807) is 35.9 Å². The maximum absolute atomic E-state index is 12.9. The van der Waals surface area contributed by atoms with Gasteiger partial charge in [0.2, 0.25) is 0 Å². The summed E-state index contributed by atoms with van der Waals surface area (Å²) in [4.78, 5) is 12.2. The minimum absolute atomic E-state index is 0.00266. The third-order valence-electron chi connectivity index (χ3n) is 4.39. The van der Waals surface area contributed by atoms with Crippen LogP contribution in [0.2, 0.25) is 10.0 Å². The molecule has 0 saturated carbocycles. The highest BCUT2D eigenvalue weighted by Crippen LogP contribution is 2.28. The summed E-state index contributed by atoms with van der Waals surface area (Å²) in [6, 6.07) is 12.5. The van der Waals surface area contributed by atoms with Crippen molar-refractivity contribution in [3.8, 4) is 17.1 Å². The van der Waals surface area contributed by atoms with E-state index in [1.165, 1.54) is 36.8 Å². The molecule has 2 aromatic heterocycles. The first kappa shape index (κ1) is 21.0. The fraction of sp³-hybridized carbons (Fsp3) is 0.0526. The average Bonchev–Trinajstić information content (AvgIpc) is 3.18. The van der Waals surface area contributed by atoms with Gasteiger partial charge in [-0.2, -0.15) is 9.78 Å². The number of para-hydroxylation sites is 1. The van der Waals surface area contributed by atoms with Crippen molar-refractivity contribution in [2.45, 2.75) is 4.90 Å². The van der Waals surface area contributed by atoms with Crippen molar-refractivity contribution in [1.82, 2.24) is 24.5 Å². The number of sulfonamides is 1. The zero-order valence-corrected chi connectivity index (χ0v) is 18.2. The van der Waals surface area contributed by atoms with Crippen molar-refractivity contribution in [3.63, 3.8) is 0 Å². The minimum atomic E-state index is -3.93. The normalized spacial score (nSPS) is 11.5. The zero-order chi connectivity index (χ0) is 22.2. The lowest BCUT2D eigenvalue weighted by atomic mass is 10.2. The number of anilines is 1. The Balaban J connectivity index is 1.67. The summed E-state index contributed by atoms with van der Waals surface area (Å²) >= 11 is 11.7.